The zero-order valence-corrected chi connectivity index (χ0v) is 13.3. The Labute approximate surface area is 129 Å². The molecule has 1 amide bonds. The van der Waals surface area contributed by atoms with E-state index in [1.54, 1.807) is 25.1 Å². The normalized spacial score (nSPS) is 14.1. The number of carbonyl (C=O) groups excluding carboxylic acids is 1. The highest BCUT2D eigenvalue weighted by Crippen LogP contribution is 2.10. The van der Waals surface area contributed by atoms with Crippen LogP contribution < -0.4 is 10.0 Å². The molecule has 0 aromatic heterocycles. The lowest BCUT2D eigenvalue weighted by Crippen LogP contribution is -2.52. The molecule has 0 spiro atoms. The van der Waals surface area contributed by atoms with Crippen LogP contribution in [0.15, 0.2) is 35.2 Å². The van der Waals surface area contributed by atoms with Gasteiger partial charge >= 0.3 is 5.97 Å². The molecule has 0 aliphatic rings. The van der Waals surface area contributed by atoms with Crippen LogP contribution in [0.3, 0.4) is 0 Å². The number of nitrogens with one attached hydrogen (secondary N) is 2. The number of hydrogen-bond donors (Lipinski definition) is 3. The van der Waals surface area contributed by atoms with Crippen LogP contribution in [-0.2, 0) is 19.6 Å². The van der Waals surface area contributed by atoms with Gasteiger partial charge in [0.25, 0.3) is 0 Å². The highest BCUT2D eigenvalue weighted by molar-refractivity contribution is 7.89. The highest BCUT2D eigenvalue weighted by Gasteiger charge is 2.32. The van der Waals surface area contributed by atoms with Crippen molar-refractivity contribution in [1.82, 2.24) is 10.0 Å². The monoisotopic (exact) mass is 328 g/mol. The average molecular weight is 328 g/mol. The van der Waals surface area contributed by atoms with Crippen LogP contribution in [0.4, 0.5) is 0 Å². The zero-order chi connectivity index (χ0) is 16.8. The minimum atomic E-state index is -3.67. The van der Waals surface area contributed by atoms with Crippen molar-refractivity contribution in [1.29, 1.82) is 0 Å². The molecule has 0 saturated carbocycles. The molecule has 1 unspecified atom stereocenters. The first-order chi connectivity index (χ1) is 10.2. The fraction of sp³-hybridized carbons (Fsp3) is 0.429. The Kier molecular flexibility index (Phi) is 6.07. The van der Waals surface area contributed by atoms with E-state index in [-0.39, 0.29) is 24.3 Å². The van der Waals surface area contributed by atoms with Gasteiger partial charge < -0.3 is 10.4 Å². The predicted octanol–water partition coefficient (Wildman–Crippen LogP) is 0.724. The molecule has 1 rings (SSSR count). The molecule has 0 radical (unpaired) electrons. The van der Waals surface area contributed by atoms with Gasteiger partial charge in [-0.2, -0.15) is 0 Å². The molecule has 122 valence electrons. The van der Waals surface area contributed by atoms with E-state index in [9.17, 15) is 18.0 Å². The number of benzene rings is 1. The van der Waals surface area contributed by atoms with Gasteiger partial charge in [0, 0.05) is 13.0 Å². The van der Waals surface area contributed by atoms with Gasteiger partial charge in [-0.05, 0) is 25.5 Å². The molecule has 3 N–H and O–H groups in total. The summed E-state index contributed by atoms with van der Waals surface area (Å²) < 4.78 is 26.2. The predicted molar refractivity (Wildman–Crippen MR) is 80.7 cm³/mol. The number of carbonyl (C=O) groups is 2. The van der Waals surface area contributed by atoms with E-state index in [4.69, 9.17) is 5.11 Å². The third-order valence-electron chi connectivity index (χ3n) is 3.29. The van der Waals surface area contributed by atoms with Gasteiger partial charge in [-0.15, -0.1) is 0 Å². The molecule has 0 fully saturated rings. The Morgan fingerprint density at radius 3 is 2.32 bits per heavy atom. The van der Waals surface area contributed by atoms with E-state index in [0.717, 1.165) is 0 Å². The third kappa shape index (κ3) is 4.81. The number of hydrogen-bond acceptors (Lipinski definition) is 4. The summed E-state index contributed by atoms with van der Waals surface area (Å²) in [5.41, 5.74) is -1.35. The second kappa shape index (κ2) is 7.37. The molecule has 0 saturated heterocycles. The Bertz CT molecular complexity index is 630. The molecule has 0 heterocycles. The third-order valence-corrected chi connectivity index (χ3v) is 4.77. The van der Waals surface area contributed by atoms with Crippen molar-refractivity contribution >= 4 is 21.9 Å². The van der Waals surface area contributed by atoms with Crippen LogP contribution in [0.5, 0.6) is 0 Å². The first-order valence-corrected chi connectivity index (χ1v) is 8.29. The number of carboxylic acids is 1. The largest absolute Gasteiger partial charge is 0.480 e. The van der Waals surface area contributed by atoms with Crippen LogP contribution >= 0.6 is 0 Å². The number of aliphatic carboxylic acids is 1. The van der Waals surface area contributed by atoms with Crippen LogP contribution in [-0.4, -0.2) is 37.5 Å². The van der Waals surface area contributed by atoms with Crippen LogP contribution in [0.2, 0.25) is 0 Å². The van der Waals surface area contributed by atoms with Gasteiger partial charge in [-0.25, -0.2) is 17.9 Å². The van der Waals surface area contributed by atoms with E-state index in [2.05, 4.69) is 10.0 Å². The lowest BCUT2D eigenvalue weighted by atomic mass is 9.99. The number of amides is 1. The van der Waals surface area contributed by atoms with E-state index >= 15 is 0 Å². The summed E-state index contributed by atoms with van der Waals surface area (Å²) in [5.74, 6) is -1.66. The number of rotatable bonds is 8. The highest BCUT2D eigenvalue weighted by atomic mass is 32.2. The van der Waals surface area contributed by atoms with Gasteiger partial charge in [0.05, 0.1) is 4.90 Å². The number of sulfonamides is 1. The zero-order valence-electron chi connectivity index (χ0n) is 12.5. The SMILES string of the molecule is CCC(C)(NC(=O)CCNS(=O)(=O)c1ccccc1)C(=O)O. The van der Waals surface area contributed by atoms with Gasteiger partial charge in [0.2, 0.25) is 15.9 Å². The molecular formula is C14H20N2O5S. The average Bonchev–Trinajstić information content (AvgIpc) is 2.47. The molecule has 7 nitrogen and oxygen atoms in total. The van der Waals surface area contributed by atoms with Gasteiger partial charge in [0.15, 0.2) is 0 Å². The smallest absolute Gasteiger partial charge is 0.329 e. The first kappa shape index (κ1) is 18.1. The van der Waals surface area contributed by atoms with Gasteiger partial charge in [0.1, 0.15) is 5.54 Å². The summed E-state index contributed by atoms with van der Waals surface area (Å²) in [5, 5.41) is 11.5. The minimum absolute atomic E-state index is 0.109. The molecular weight excluding hydrogens is 308 g/mol. The Morgan fingerprint density at radius 1 is 1.23 bits per heavy atom. The maximum absolute atomic E-state index is 11.9. The summed E-state index contributed by atoms with van der Waals surface area (Å²) in [6.45, 7) is 2.94. The van der Waals surface area contributed by atoms with Crippen LogP contribution in [0.25, 0.3) is 0 Å². The standard InChI is InChI=1S/C14H20N2O5S/c1-3-14(2,13(18)19)16-12(17)9-10-15-22(20,21)11-7-5-4-6-8-11/h4-8,15H,3,9-10H2,1-2H3,(H,16,17)(H,18,19). The van der Waals surface area contributed by atoms with Crippen LogP contribution in [0.1, 0.15) is 26.7 Å². The summed E-state index contributed by atoms with van der Waals surface area (Å²) in [7, 11) is -3.67. The molecule has 8 heteroatoms. The van der Waals surface area contributed by atoms with Crippen molar-refractivity contribution < 1.29 is 23.1 Å². The van der Waals surface area contributed by atoms with Crippen molar-refractivity contribution in [3.8, 4) is 0 Å². The second-order valence-electron chi connectivity index (χ2n) is 5.00. The van der Waals surface area contributed by atoms with Crippen molar-refractivity contribution in [2.75, 3.05) is 6.54 Å². The van der Waals surface area contributed by atoms with E-state index < -0.39 is 27.4 Å². The summed E-state index contributed by atoms with van der Waals surface area (Å²) in [6.07, 6.45) is 0.0821. The minimum Gasteiger partial charge on any atom is -0.480 e. The summed E-state index contributed by atoms with van der Waals surface area (Å²) >= 11 is 0. The molecule has 22 heavy (non-hydrogen) atoms. The molecule has 1 atom stereocenters. The molecule has 0 aliphatic carbocycles. The van der Waals surface area contributed by atoms with Gasteiger partial charge in [-0.1, -0.05) is 25.1 Å². The molecule has 0 aliphatic heterocycles. The topological polar surface area (TPSA) is 113 Å². The summed E-state index contributed by atoms with van der Waals surface area (Å²) in [6, 6.07) is 7.79. The first-order valence-electron chi connectivity index (χ1n) is 6.80. The Hall–Kier alpha value is -1.93. The van der Waals surface area contributed by atoms with Crippen LogP contribution in [0, 0.1) is 0 Å². The van der Waals surface area contributed by atoms with E-state index in [0.29, 0.717) is 0 Å². The Balaban J connectivity index is 2.54. The molecule has 1 aromatic rings. The molecule has 0 bridgehead atoms. The lowest BCUT2D eigenvalue weighted by molar-refractivity contribution is -0.147. The number of carboxylic acid groups (broad SMARTS) is 1. The van der Waals surface area contributed by atoms with Crippen molar-refractivity contribution in [2.45, 2.75) is 37.1 Å². The fourth-order valence-corrected chi connectivity index (χ4v) is 2.70. The van der Waals surface area contributed by atoms with E-state index in [1.807, 2.05) is 0 Å². The van der Waals surface area contributed by atoms with E-state index in [1.165, 1.54) is 19.1 Å². The molecule has 1 aromatic carbocycles. The maximum atomic E-state index is 11.9. The fourth-order valence-electron chi connectivity index (χ4n) is 1.65. The van der Waals surface area contributed by atoms with Crippen molar-refractivity contribution in [2.24, 2.45) is 0 Å². The maximum Gasteiger partial charge on any atom is 0.329 e. The quantitative estimate of drug-likeness (QED) is 0.651. The summed E-state index contributed by atoms with van der Waals surface area (Å²) in [4.78, 5) is 22.9. The lowest BCUT2D eigenvalue weighted by Gasteiger charge is -2.24. The van der Waals surface area contributed by atoms with Crippen molar-refractivity contribution in [3.63, 3.8) is 0 Å². The van der Waals surface area contributed by atoms with Gasteiger partial charge in [-0.3, -0.25) is 4.79 Å². The Morgan fingerprint density at radius 2 is 1.82 bits per heavy atom. The second-order valence-corrected chi connectivity index (χ2v) is 6.77. The van der Waals surface area contributed by atoms with Crippen molar-refractivity contribution in [3.05, 3.63) is 30.3 Å².